The molecule has 0 aromatic heterocycles. The third-order valence-electron chi connectivity index (χ3n) is 3.57. The highest BCUT2D eigenvalue weighted by molar-refractivity contribution is 9.10. The molecule has 0 spiro atoms. The Morgan fingerprint density at radius 3 is 2.62 bits per heavy atom. The van der Waals surface area contributed by atoms with Crippen molar-refractivity contribution in [3.8, 4) is 0 Å². The molecular weight excluding hydrogens is 264 g/mol. The summed E-state index contributed by atoms with van der Waals surface area (Å²) in [5.74, 6) is 0.451. The van der Waals surface area contributed by atoms with Crippen molar-refractivity contribution in [1.82, 2.24) is 0 Å². The van der Waals surface area contributed by atoms with E-state index in [1.807, 2.05) is 6.07 Å². The molecule has 1 atom stereocenters. The van der Waals surface area contributed by atoms with Crippen molar-refractivity contribution in [2.45, 2.75) is 45.1 Å². The average molecular weight is 283 g/mol. The van der Waals surface area contributed by atoms with Crippen molar-refractivity contribution in [3.05, 3.63) is 33.8 Å². The number of hydrogen-bond acceptors (Lipinski definition) is 1. The monoisotopic (exact) mass is 282 g/mol. The van der Waals surface area contributed by atoms with E-state index in [9.17, 15) is 5.11 Å². The molecule has 2 rings (SSSR count). The minimum absolute atomic E-state index is 0.297. The van der Waals surface area contributed by atoms with Gasteiger partial charge in [-0.05, 0) is 37.3 Å². The molecule has 0 amide bonds. The summed E-state index contributed by atoms with van der Waals surface area (Å²) in [6.45, 7) is 2.07. The Morgan fingerprint density at radius 2 is 1.94 bits per heavy atom. The normalized spacial score (nSPS) is 19.7. The van der Waals surface area contributed by atoms with E-state index in [1.165, 1.54) is 37.7 Å². The Morgan fingerprint density at radius 1 is 1.25 bits per heavy atom. The van der Waals surface area contributed by atoms with E-state index in [1.54, 1.807) is 0 Å². The number of aliphatic hydroxyl groups excluding tert-OH is 1. The molecule has 1 N–H and O–H groups in total. The molecule has 1 aliphatic carbocycles. The lowest BCUT2D eigenvalue weighted by molar-refractivity contribution is 0.0842. The minimum atomic E-state index is -0.297. The second-order valence-corrected chi connectivity index (χ2v) is 5.72. The molecule has 1 saturated carbocycles. The predicted octanol–water partition coefficient (Wildman–Crippen LogP) is 4.37. The van der Waals surface area contributed by atoms with E-state index in [4.69, 9.17) is 0 Å². The van der Waals surface area contributed by atoms with E-state index in [0.29, 0.717) is 5.92 Å². The van der Waals surface area contributed by atoms with Crippen LogP contribution >= 0.6 is 15.9 Å². The van der Waals surface area contributed by atoms with Crippen LogP contribution in [0.25, 0.3) is 0 Å². The lowest BCUT2D eigenvalue weighted by Gasteiger charge is -2.27. The van der Waals surface area contributed by atoms with Crippen molar-refractivity contribution >= 4 is 15.9 Å². The van der Waals surface area contributed by atoms with Crippen LogP contribution in [0.5, 0.6) is 0 Å². The second kappa shape index (κ2) is 5.33. The topological polar surface area (TPSA) is 20.2 Å². The molecule has 1 aliphatic rings. The van der Waals surface area contributed by atoms with Crippen molar-refractivity contribution < 1.29 is 5.11 Å². The van der Waals surface area contributed by atoms with Gasteiger partial charge in [0.05, 0.1) is 6.10 Å². The number of rotatable bonds is 2. The summed E-state index contributed by atoms with van der Waals surface area (Å²) in [7, 11) is 0. The minimum Gasteiger partial charge on any atom is -0.388 e. The Hall–Kier alpha value is -0.340. The zero-order valence-corrected chi connectivity index (χ0v) is 11.3. The fourth-order valence-corrected chi connectivity index (χ4v) is 3.07. The first-order chi connectivity index (χ1) is 7.68. The fourth-order valence-electron chi connectivity index (χ4n) is 2.59. The molecule has 0 saturated heterocycles. The zero-order valence-electron chi connectivity index (χ0n) is 9.75. The van der Waals surface area contributed by atoms with Gasteiger partial charge in [-0.25, -0.2) is 0 Å². The third kappa shape index (κ3) is 2.67. The van der Waals surface area contributed by atoms with Gasteiger partial charge in [-0.2, -0.15) is 0 Å². The van der Waals surface area contributed by atoms with Gasteiger partial charge in [0.1, 0.15) is 0 Å². The van der Waals surface area contributed by atoms with Crippen LogP contribution in [0.2, 0.25) is 0 Å². The first-order valence-corrected chi connectivity index (χ1v) is 6.92. The van der Waals surface area contributed by atoms with Gasteiger partial charge in [0.25, 0.3) is 0 Å². The highest BCUT2D eigenvalue weighted by Gasteiger charge is 2.24. The Bertz CT molecular complexity index is 356. The number of aliphatic hydroxyl groups is 1. The van der Waals surface area contributed by atoms with Gasteiger partial charge in [-0.1, -0.05) is 52.9 Å². The molecule has 1 aromatic carbocycles. The number of halogens is 1. The molecule has 1 nitrogen and oxygen atoms in total. The maximum Gasteiger partial charge on any atom is 0.0829 e. The molecular formula is C14H19BrO. The summed E-state index contributed by atoms with van der Waals surface area (Å²) in [5.41, 5.74) is 2.28. The molecule has 0 aliphatic heterocycles. The van der Waals surface area contributed by atoms with Gasteiger partial charge < -0.3 is 5.11 Å². The lowest BCUT2D eigenvalue weighted by Crippen LogP contribution is -2.16. The third-order valence-corrected chi connectivity index (χ3v) is 4.29. The highest BCUT2D eigenvalue weighted by atomic mass is 79.9. The summed E-state index contributed by atoms with van der Waals surface area (Å²) in [6.07, 6.45) is 5.91. The van der Waals surface area contributed by atoms with Crippen LogP contribution in [0.15, 0.2) is 22.7 Å². The number of hydrogen-bond donors (Lipinski definition) is 1. The lowest BCUT2D eigenvalue weighted by atomic mass is 9.82. The largest absolute Gasteiger partial charge is 0.388 e. The molecule has 0 bridgehead atoms. The van der Waals surface area contributed by atoms with Gasteiger partial charge in [-0.3, -0.25) is 0 Å². The van der Waals surface area contributed by atoms with Crippen molar-refractivity contribution in [1.29, 1.82) is 0 Å². The molecule has 2 heteroatoms. The van der Waals surface area contributed by atoms with Crippen molar-refractivity contribution in [2.24, 2.45) is 5.92 Å². The fraction of sp³-hybridized carbons (Fsp3) is 0.571. The molecule has 1 fully saturated rings. The first-order valence-electron chi connectivity index (χ1n) is 6.12. The van der Waals surface area contributed by atoms with Crippen molar-refractivity contribution in [3.63, 3.8) is 0 Å². The molecule has 16 heavy (non-hydrogen) atoms. The van der Waals surface area contributed by atoms with Crippen LogP contribution in [0.1, 0.15) is 49.3 Å². The summed E-state index contributed by atoms with van der Waals surface area (Å²) in [4.78, 5) is 0. The van der Waals surface area contributed by atoms with Gasteiger partial charge in [0.15, 0.2) is 0 Å². The SMILES string of the molecule is Cc1ccc(Br)c(C(O)C2CCCCC2)c1. The second-order valence-electron chi connectivity index (χ2n) is 4.87. The van der Waals surface area contributed by atoms with Crippen molar-refractivity contribution in [2.75, 3.05) is 0 Å². The van der Waals surface area contributed by atoms with Crippen LogP contribution in [0.4, 0.5) is 0 Å². The van der Waals surface area contributed by atoms with E-state index in [0.717, 1.165) is 10.0 Å². The average Bonchev–Trinajstić information content (AvgIpc) is 2.32. The quantitative estimate of drug-likeness (QED) is 0.854. The summed E-state index contributed by atoms with van der Waals surface area (Å²) in [6, 6.07) is 6.21. The molecule has 0 radical (unpaired) electrons. The number of benzene rings is 1. The van der Waals surface area contributed by atoms with E-state index < -0.39 is 0 Å². The molecule has 0 heterocycles. The first kappa shape index (κ1) is 12.1. The standard InChI is InChI=1S/C14H19BrO/c1-10-7-8-13(15)12(9-10)14(16)11-5-3-2-4-6-11/h7-9,11,14,16H,2-6H2,1H3. The Kier molecular flexibility index (Phi) is 4.04. The van der Waals surface area contributed by atoms with Crippen LogP contribution in [0, 0.1) is 12.8 Å². The smallest absolute Gasteiger partial charge is 0.0829 e. The van der Waals surface area contributed by atoms with Crippen LogP contribution < -0.4 is 0 Å². The van der Waals surface area contributed by atoms with Crippen LogP contribution in [0.3, 0.4) is 0 Å². The van der Waals surface area contributed by atoms with E-state index in [-0.39, 0.29) is 6.10 Å². The van der Waals surface area contributed by atoms with Gasteiger partial charge >= 0.3 is 0 Å². The molecule has 1 unspecified atom stereocenters. The molecule has 88 valence electrons. The summed E-state index contributed by atoms with van der Waals surface area (Å²) >= 11 is 3.54. The van der Waals surface area contributed by atoms with Gasteiger partial charge in [0, 0.05) is 4.47 Å². The highest BCUT2D eigenvalue weighted by Crippen LogP contribution is 2.37. The Balaban J connectivity index is 2.18. The predicted molar refractivity (Wildman–Crippen MR) is 70.4 cm³/mol. The summed E-state index contributed by atoms with van der Waals surface area (Å²) in [5, 5.41) is 10.4. The number of aryl methyl sites for hydroxylation is 1. The van der Waals surface area contributed by atoms with Crippen LogP contribution in [-0.2, 0) is 0 Å². The van der Waals surface area contributed by atoms with E-state index >= 15 is 0 Å². The Labute approximate surface area is 106 Å². The zero-order chi connectivity index (χ0) is 11.5. The maximum absolute atomic E-state index is 10.4. The van der Waals surface area contributed by atoms with E-state index in [2.05, 4.69) is 35.0 Å². The van der Waals surface area contributed by atoms with Gasteiger partial charge in [0.2, 0.25) is 0 Å². The maximum atomic E-state index is 10.4. The van der Waals surface area contributed by atoms with Crippen LogP contribution in [-0.4, -0.2) is 5.11 Å². The molecule has 1 aromatic rings. The van der Waals surface area contributed by atoms with Gasteiger partial charge in [-0.15, -0.1) is 0 Å². The summed E-state index contributed by atoms with van der Waals surface area (Å²) < 4.78 is 1.04.